The van der Waals surface area contributed by atoms with E-state index in [0.29, 0.717) is 44.5 Å². The minimum atomic E-state index is -0.650. The second-order valence-corrected chi connectivity index (χ2v) is 452. The fourth-order valence-corrected chi connectivity index (χ4v) is 2940. The van der Waals surface area contributed by atoms with Crippen LogP contribution in [0.4, 0.5) is 11.4 Å². The number of amides is 1. The Morgan fingerprint density at radius 1 is 0.580 bits per heavy atom. The zero-order valence-electron chi connectivity index (χ0n) is 32.2. The molecule has 0 atom stereocenters. The monoisotopic (exact) mass is 3280 g/mol. The minimum Gasteiger partial charge on any atom is -0.454 e. The van der Waals surface area contributed by atoms with Gasteiger partial charge in [0.25, 0.3) is 5.91 Å². The normalized spacial score (nSPS) is 15.5. The van der Waals surface area contributed by atoms with Crippen molar-refractivity contribution in [1.29, 1.82) is 5.26 Å². The Hall–Kier alpha value is 9.28. The number of hydrogen-bond acceptors (Lipinski definition) is 11. The smallest absolute Gasteiger partial charge is 0.315 e. The molecule has 0 unspecified atom stereocenters. The first kappa shape index (κ1) is 69.1. The molecule has 4 aromatic rings. The van der Waals surface area contributed by atoms with E-state index in [2.05, 4.69) is 210 Å². The van der Waals surface area contributed by atoms with E-state index in [4.69, 9.17) is 76.3 Å². The second-order valence-electron chi connectivity index (χ2n) is 11.9. The summed E-state index contributed by atoms with van der Waals surface area (Å²) in [6.45, 7) is 0. The molecular formula is C33H18Cl4I20N4O8. The van der Waals surface area contributed by atoms with Crippen LogP contribution in [0.3, 0.4) is 0 Å². The molecular weight excluding hydrogens is 3260 g/mol. The van der Waals surface area contributed by atoms with Crippen molar-refractivity contribution in [2.24, 2.45) is 5.10 Å². The van der Waals surface area contributed by atoms with Crippen LogP contribution in [0, 0.1) is 11.3 Å². The van der Waals surface area contributed by atoms with Gasteiger partial charge in [-0.2, -0.15) is 15.4 Å². The Morgan fingerprint density at radius 3 is 1.33 bits per heavy atom. The molecule has 0 bridgehead atoms. The topological polar surface area (TPSA) is 171 Å². The number of Topliss-reactive ketones (excluding diaryl/α,β-unsaturated/α-hetero) is 1. The van der Waals surface area contributed by atoms with Crippen molar-refractivity contribution in [1.82, 2.24) is 0 Å². The van der Waals surface area contributed by atoms with Crippen molar-refractivity contribution in [3.05, 3.63) is 91.9 Å². The molecule has 69 heavy (non-hydrogen) atoms. The molecule has 12 nitrogen and oxygen atoms in total. The molecule has 0 radical (unpaired) electrons. The van der Waals surface area contributed by atoms with Crippen LogP contribution in [0.2, 0.25) is 20.1 Å². The molecule has 3 aliphatic rings. The van der Waals surface area contributed by atoms with E-state index in [0.717, 1.165) is 16.1 Å². The van der Waals surface area contributed by atoms with Crippen LogP contribution < -0.4 is 29.7 Å². The summed E-state index contributed by atoms with van der Waals surface area (Å²) >= 11 is 58.0. The summed E-state index contributed by atoms with van der Waals surface area (Å²) in [7, 11) is -3.66. The summed E-state index contributed by atoms with van der Waals surface area (Å²) in [4.78, 5) is 46.3. The standard InChI is InChI=1S/C19H9Cl2N3O5.C14H9Cl2NO3.I20/c20-12-4-10(24-17(26)7-15(25)14(8-22)23-24)5-13(21)19(12)28-11-2-1-9-3-18(27)29-16(9)6-11;15-10-4-8(17)5-11(16)14(10)19-9-2-1-7-3-13(18)20-12(7)6-9;1-12(2)14(5)16(7)18(9)20(11)19(10)17(8)15(6)13(3)4/h1-2,4-6H,3,7H2;1-2,4-6H,3,17H2;. The average molecular weight is 3280 g/mol. The minimum absolute atomic E-state index is 0.0726. The third-order valence-electron chi connectivity index (χ3n) is 7.65. The molecule has 0 spiro atoms. The van der Waals surface area contributed by atoms with Crippen LogP contribution in [0.25, 0.3) is 0 Å². The van der Waals surface area contributed by atoms with E-state index in [1.54, 1.807) is 54.6 Å². The maximum atomic E-state index is 12.1. The van der Waals surface area contributed by atoms with E-state index in [1.807, 2.05) is 0 Å². The van der Waals surface area contributed by atoms with E-state index in [9.17, 15) is 19.2 Å². The number of nitrogen functional groups attached to an aromatic ring is 1. The molecule has 0 saturated heterocycles. The number of hydrogen-bond donors (Lipinski definition) is 1. The largest absolute Gasteiger partial charge is 0.454 e. The first-order chi connectivity index (χ1) is 32.4. The summed E-state index contributed by atoms with van der Waals surface area (Å²) in [5.41, 5.74) is 7.46. The van der Waals surface area contributed by atoms with E-state index in [-0.39, 0.29) is 67.8 Å². The fraction of sp³-hybridized carbons (Fsp3) is 0.0909. The molecule has 1 amide bonds. The first-order valence-corrected chi connectivity index (χ1v) is 138. The van der Waals surface area contributed by atoms with Crippen molar-refractivity contribution in [2.75, 3.05) is 10.7 Å². The summed E-state index contributed by atoms with van der Waals surface area (Å²) in [5, 5.41) is 14.4. The molecule has 4 aromatic carbocycles. The molecule has 3 heterocycles. The van der Waals surface area contributed by atoms with Gasteiger partial charge in [0.2, 0.25) is 11.5 Å². The van der Waals surface area contributed by atoms with Crippen LogP contribution in [-0.4, -0.2) is 29.3 Å². The van der Waals surface area contributed by atoms with Crippen molar-refractivity contribution >= 4 is 363 Å². The van der Waals surface area contributed by atoms with Gasteiger partial charge < -0.3 is 24.7 Å². The average Bonchev–Trinajstić information content (AvgIpc) is 3.86. The van der Waals surface area contributed by atoms with Crippen molar-refractivity contribution in [3.8, 4) is 40.6 Å². The van der Waals surface area contributed by atoms with Crippen molar-refractivity contribution in [3.63, 3.8) is 0 Å². The number of esters is 2. The molecule has 7 rings (SSSR count). The van der Waals surface area contributed by atoms with Gasteiger partial charge in [-0.1, -0.05) is 58.5 Å². The number of rotatable bonds is 13. The van der Waals surface area contributed by atoms with Crippen LogP contribution >= 0.6 is 322 Å². The number of nitrogens with zero attached hydrogens (tertiary/aromatic N) is 3. The number of halogens is 24. The Labute approximate surface area is 556 Å². The van der Waals surface area contributed by atoms with Gasteiger partial charge in [0.05, 0.1) is 45.0 Å². The maximum Gasteiger partial charge on any atom is 0.315 e. The third kappa shape index (κ3) is 20.7. The number of nitriles is 1. The third-order valence-corrected chi connectivity index (χ3v) is 1330. The number of nitrogens with two attached hydrogens (primary N) is 1. The van der Waals surface area contributed by atoms with Gasteiger partial charge in [0.15, 0.2) is 11.5 Å². The predicted molar refractivity (Wildman–Crippen MR) is 460 cm³/mol. The van der Waals surface area contributed by atoms with Gasteiger partial charge in [0, 0.05) is 28.9 Å². The van der Waals surface area contributed by atoms with Gasteiger partial charge in [-0.15, -0.1) is 0 Å². The SMILES string of the molecule is II(I)I(I)I(I)I(I)I(I)I(I)I(I)I(I)I(I)I.N#CC1=NN(c2cc(Cl)c(Oc3ccc4c(c3)OC(=O)C4)c(Cl)c2)C(=O)CC1=O.Nc1cc(Cl)c(Oc2ccc3c(c2)OC(=O)C3)c(Cl)c1. The van der Waals surface area contributed by atoms with Gasteiger partial charge >= 0.3 is 288 Å². The summed E-state index contributed by atoms with van der Waals surface area (Å²) in [5.74, 6) is 0.261. The van der Waals surface area contributed by atoms with E-state index >= 15 is 0 Å². The Kier molecular flexibility index (Phi) is 33.9. The Balaban J connectivity index is 0.000000199. The van der Waals surface area contributed by atoms with Gasteiger partial charge in [0.1, 0.15) is 29.1 Å². The summed E-state index contributed by atoms with van der Waals surface area (Å²) in [6.07, 6.45) is -0.00385. The summed E-state index contributed by atoms with van der Waals surface area (Å²) in [6, 6.07) is 17.5. The molecule has 0 saturated carbocycles. The second kappa shape index (κ2) is 33.8. The Bertz CT molecular complexity index is 2640. The number of anilines is 2. The molecule has 0 fully saturated rings. The first-order valence-electron chi connectivity index (χ1n) is 16.7. The van der Waals surface area contributed by atoms with Crippen molar-refractivity contribution in [2.45, 2.75) is 19.3 Å². The molecule has 386 valence electrons. The van der Waals surface area contributed by atoms with Crippen molar-refractivity contribution < 1.29 is 38.1 Å². The molecule has 0 aliphatic carbocycles. The zero-order chi connectivity index (χ0) is 51.2. The number of hydrazone groups is 1. The van der Waals surface area contributed by atoms with Crippen LogP contribution in [0.15, 0.2) is 65.8 Å². The number of ketones is 1. The molecule has 2 N–H and O–H groups in total. The van der Waals surface area contributed by atoms with E-state index in [1.165, 1.54) is 12.1 Å². The van der Waals surface area contributed by atoms with Gasteiger partial charge in [-0.05, 0) is 36.4 Å². The van der Waals surface area contributed by atoms with Crippen LogP contribution in [0.5, 0.6) is 34.5 Å². The summed E-state index contributed by atoms with van der Waals surface area (Å²) < 4.78 is 21.5. The Morgan fingerprint density at radius 2 is 0.957 bits per heavy atom. The zero-order valence-corrected chi connectivity index (χ0v) is 78.3. The number of ether oxygens (including phenoxy) is 4. The van der Waals surface area contributed by atoms with Crippen LogP contribution in [0.1, 0.15) is 17.5 Å². The number of carbonyl (C=O) groups excluding carboxylic acids is 4. The molecule has 36 heteroatoms. The number of carbonyl (C=O) groups is 4. The van der Waals surface area contributed by atoms with E-state index < -0.39 is 73.4 Å². The number of fused-ring (bicyclic) bond motifs is 2. The van der Waals surface area contributed by atoms with Gasteiger partial charge in [-0.25, -0.2) is 0 Å². The van der Waals surface area contributed by atoms with Crippen LogP contribution in [-0.2, 0) is 32.0 Å². The number of benzene rings is 4. The van der Waals surface area contributed by atoms with Gasteiger partial charge in [-0.3, -0.25) is 19.2 Å². The molecule has 3 aliphatic heterocycles. The maximum absolute atomic E-state index is 12.1. The predicted octanol–water partition coefficient (Wildman–Crippen LogP) is 25.0. The molecule has 0 aromatic heterocycles. The fourth-order valence-electron chi connectivity index (χ4n) is 5.00. The quantitative estimate of drug-likeness (QED) is 0.0447.